The predicted molar refractivity (Wildman–Crippen MR) is 118 cm³/mol. The third kappa shape index (κ3) is 3.99. The van der Waals surface area contributed by atoms with E-state index in [0.29, 0.717) is 0 Å². The van der Waals surface area contributed by atoms with Gasteiger partial charge in [0.25, 0.3) is 0 Å². The molecule has 0 spiro atoms. The topological polar surface area (TPSA) is 3.24 Å². The van der Waals surface area contributed by atoms with Crippen LogP contribution in [0.25, 0.3) is 0 Å². The second kappa shape index (κ2) is 8.47. The number of hydrogen-bond donors (Lipinski definition) is 0. The van der Waals surface area contributed by atoms with E-state index >= 15 is 0 Å². The fraction of sp³-hybridized carbons (Fsp3) is 0.0952. The molecule has 0 heterocycles. The van der Waals surface area contributed by atoms with Crippen molar-refractivity contribution in [2.45, 2.75) is 0 Å². The number of benzene rings is 3. The molecule has 0 unspecified atom stereocenters. The Balaban J connectivity index is 2.29. The fourth-order valence-corrected chi connectivity index (χ4v) is 31.5. The van der Waals surface area contributed by atoms with Crippen LogP contribution in [0.1, 0.15) is 0 Å². The molecule has 3 aromatic rings. The molecule has 0 amide bonds. The molecule has 0 bridgehead atoms. The van der Waals surface area contributed by atoms with E-state index in [1.54, 1.807) is 0 Å². The van der Waals surface area contributed by atoms with Crippen molar-refractivity contribution in [3.05, 3.63) is 91.0 Å². The summed E-state index contributed by atoms with van der Waals surface area (Å²) in [5.74, 6) is 0. The fourth-order valence-electron chi connectivity index (χ4n) is 2.92. The van der Waals surface area contributed by atoms with Gasteiger partial charge in [-0.2, -0.15) is 0 Å². The van der Waals surface area contributed by atoms with E-state index in [0.717, 1.165) is 4.32 Å². The van der Waals surface area contributed by atoms with Crippen molar-refractivity contribution in [3.8, 4) is 0 Å². The maximum atomic E-state index is 5.77. The van der Waals surface area contributed by atoms with Gasteiger partial charge in [0, 0.05) is 0 Å². The molecule has 0 atom stereocenters. The van der Waals surface area contributed by atoms with E-state index in [1.165, 1.54) is 9.37 Å². The Morgan fingerprint density at radius 3 is 1.28 bits per heavy atom. The summed E-state index contributed by atoms with van der Waals surface area (Å²) in [6.07, 6.45) is 0. The average molecular weight is 559 g/mol. The number of thiocarbonyl (C=S) groups is 1. The average Bonchev–Trinajstić information content (AvgIpc) is 2.68. The van der Waals surface area contributed by atoms with Crippen LogP contribution in [0.3, 0.4) is 0 Å². The van der Waals surface area contributed by atoms with Crippen molar-refractivity contribution in [3.63, 3.8) is 0 Å². The minimum atomic E-state index is -3.48. The molecule has 0 fully saturated rings. The molecule has 3 aromatic carbocycles. The second-order valence-corrected chi connectivity index (χ2v) is 27.1. The normalized spacial score (nSPS) is 11.1. The zero-order valence-electron chi connectivity index (χ0n) is 14.4. The van der Waals surface area contributed by atoms with Crippen LogP contribution in [0.15, 0.2) is 91.0 Å². The molecule has 25 heavy (non-hydrogen) atoms. The molecule has 0 aliphatic heterocycles. The monoisotopic (exact) mass is 559 g/mol. The van der Waals surface area contributed by atoms with Crippen molar-refractivity contribution in [2.24, 2.45) is 0 Å². The zero-order chi connectivity index (χ0) is 17.7. The third-order valence-electron chi connectivity index (χ3n) is 4.15. The van der Waals surface area contributed by atoms with Crippen molar-refractivity contribution < 1.29 is 0 Å². The van der Waals surface area contributed by atoms with E-state index < -0.39 is 19.7 Å². The first-order valence-corrected chi connectivity index (χ1v) is 20.0. The van der Waals surface area contributed by atoms with E-state index in [1.807, 2.05) is 22.4 Å². The molecular formula is C21H21NPbS2. The summed E-state index contributed by atoms with van der Waals surface area (Å²) in [5.41, 5.74) is 0. The number of hydrogen-bond acceptors (Lipinski definition) is 2. The molecule has 0 aromatic heterocycles. The van der Waals surface area contributed by atoms with Crippen LogP contribution >= 0.6 is 20.5 Å². The van der Waals surface area contributed by atoms with Gasteiger partial charge in [-0.15, -0.1) is 0 Å². The van der Waals surface area contributed by atoms with Gasteiger partial charge in [0.05, 0.1) is 0 Å². The molecule has 1 nitrogen and oxygen atoms in total. The summed E-state index contributed by atoms with van der Waals surface area (Å²) in [6, 6.07) is 32.9. The van der Waals surface area contributed by atoms with Crippen molar-refractivity contribution in [2.75, 3.05) is 14.1 Å². The van der Waals surface area contributed by atoms with Gasteiger partial charge in [-0.1, -0.05) is 0 Å². The van der Waals surface area contributed by atoms with Gasteiger partial charge in [-0.05, 0) is 0 Å². The van der Waals surface area contributed by atoms with Crippen LogP contribution < -0.4 is 9.37 Å². The first kappa shape index (κ1) is 18.6. The van der Waals surface area contributed by atoms with Gasteiger partial charge in [0.1, 0.15) is 0 Å². The molecule has 0 aliphatic carbocycles. The van der Waals surface area contributed by atoms with E-state index in [9.17, 15) is 0 Å². The maximum absolute atomic E-state index is 5.77. The van der Waals surface area contributed by atoms with Gasteiger partial charge >= 0.3 is 164 Å². The summed E-state index contributed by atoms with van der Waals surface area (Å²) < 4.78 is 5.29. The molecule has 4 heteroatoms. The Labute approximate surface area is 162 Å². The van der Waals surface area contributed by atoms with Crippen molar-refractivity contribution in [1.29, 1.82) is 0 Å². The summed E-state index contributed by atoms with van der Waals surface area (Å²) in [7, 11) is 6.01. The number of rotatable bonds is 4. The Morgan fingerprint density at radius 1 is 0.680 bits per heavy atom. The van der Waals surface area contributed by atoms with Crippen molar-refractivity contribution in [1.82, 2.24) is 4.90 Å². The molecule has 0 saturated carbocycles. The first-order valence-electron chi connectivity index (χ1n) is 8.21. The Hall–Kier alpha value is -1.18. The van der Waals surface area contributed by atoms with E-state index in [-0.39, 0.29) is 0 Å². The summed E-state index contributed by atoms with van der Waals surface area (Å²) in [4.78, 5) is 2.06. The van der Waals surface area contributed by atoms with Crippen molar-refractivity contribution >= 4 is 53.9 Å². The molecule has 0 saturated heterocycles. The van der Waals surface area contributed by atoms with Crippen LogP contribution in [0, 0.1) is 0 Å². The second-order valence-electron chi connectivity index (χ2n) is 6.04. The zero-order valence-corrected chi connectivity index (χ0v) is 19.9. The molecule has 0 radical (unpaired) electrons. The SMILES string of the molecule is CN(C)C(=S)[S][Pb]([c]1ccccc1)([c]1ccccc1)[c]1ccccc1. The van der Waals surface area contributed by atoms with Gasteiger partial charge in [0.2, 0.25) is 0 Å². The standard InChI is InChI=1S/3C6H5.C3H7NS2.Pb/c3*1-2-4-6-5-3-1;1-4(2)3(5)6;/h3*1-5H;1-2H3,(H,5,6);/q;;;;+1/p-1. The number of nitrogens with zero attached hydrogens (tertiary/aromatic N) is 1. The van der Waals surface area contributed by atoms with Crippen LogP contribution in [0.4, 0.5) is 0 Å². The quantitative estimate of drug-likeness (QED) is 0.358. The molecule has 0 N–H and O–H groups in total. The molecule has 3 rings (SSSR count). The van der Waals surface area contributed by atoms with E-state index in [4.69, 9.17) is 12.2 Å². The predicted octanol–water partition coefficient (Wildman–Crippen LogP) is 3.23. The summed E-state index contributed by atoms with van der Waals surface area (Å²) >= 11 is 2.30. The van der Waals surface area contributed by atoms with Gasteiger partial charge in [-0.25, -0.2) is 0 Å². The Kier molecular flexibility index (Phi) is 6.30. The Morgan fingerprint density at radius 2 is 1.00 bits per heavy atom. The van der Waals surface area contributed by atoms with E-state index in [2.05, 4.69) is 95.9 Å². The van der Waals surface area contributed by atoms with Gasteiger partial charge in [-0.3, -0.25) is 0 Å². The van der Waals surface area contributed by atoms with Crippen LogP contribution in [-0.2, 0) is 0 Å². The molecule has 126 valence electrons. The summed E-state index contributed by atoms with van der Waals surface area (Å²) in [6.45, 7) is 0. The van der Waals surface area contributed by atoms with Gasteiger partial charge in [0.15, 0.2) is 0 Å². The van der Waals surface area contributed by atoms with Crippen LogP contribution in [0.2, 0.25) is 0 Å². The Bertz CT molecular complexity index is 724. The molecule has 0 aliphatic rings. The van der Waals surface area contributed by atoms with Crippen LogP contribution in [0.5, 0.6) is 0 Å². The molecular weight excluding hydrogens is 538 g/mol. The third-order valence-corrected chi connectivity index (χ3v) is 32.7. The summed E-state index contributed by atoms with van der Waals surface area (Å²) in [5, 5.41) is 0. The first-order chi connectivity index (χ1) is 12.1. The van der Waals surface area contributed by atoms with Crippen LogP contribution in [-0.4, -0.2) is 43.0 Å². The minimum absolute atomic E-state index is 0.957. The van der Waals surface area contributed by atoms with Gasteiger partial charge < -0.3 is 0 Å².